The number of aryl methyl sites for hydroxylation is 2. The Bertz CT molecular complexity index is 567. The van der Waals surface area contributed by atoms with Gasteiger partial charge in [-0.15, -0.1) is 0 Å². The molecule has 2 heterocycles. The quantitative estimate of drug-likeness (QED) is 0.891. The fourth-order valence-electron chi connectivity index (χ4n) is 2.59. The summed E-state index contributed by atoms with van der Waals surface area (Å²) < 4.78 is 1.98. The van der Waals surface area contributed by atoms with Crippen molar-refractivity contribution in [1.82, 2.24) is 15.1 Å². The molecule has 4 nitrogen and oxygen atoms in total. The first kappa shape index (κ1) is 12.2. The van der Waals surface area contributed by atoms with Crippen LogP contribution in [0.5, 0.6) is 0 Å². The molecule has 1 saturated heterocycles. The normalized spacial score (nSPS) is 15.8. The molecule has 1 aliphatic rings. The minimum Gasteiger partial charge on any atom is -0.366 e. The summed E-state index contributed by atoms with van der Waals surface area (Å²) in [4.78, 5) is 2.38. The second kappa shape index (κ2) is 5.05. The third-order valence-corrected chi connectivity index (χ3v) is 3.65. The van der Waals surface area contributed by atoms with Crippen LogP contribution in [0.15, 0.2) is 30.6 Å². The Morgan fingerprint density at radius 2 is 1.95 bits per heavy atom. The van der Waals surface area contributed by atoms with E-state index in [2.05, 4.69) is 53.6 Å². The lowest BCUT2D eigenvalue weighted by atomic mass is 10.1. The van der Waals surface area contributed by atoms with E-state index < -0.39 is 0 Å². The number of anilines is 1. The highest BCUT2D eigenvalue weighted by molar-refractivity contribution is 5.48. The second-order valence-corrected chi connectivity index (χ2v) is 5.17. The zero-order valence-corrected chi connectivity index (χ0v) is 11.6. The SMILES string of the molecule is Cc1ccc(-n2cc(N3CCNCC3)cn2)c(C)c1. The summed E-state index contributed by atoms with van der Waals surface area (Å²) >= 11 is 0. The van der Waals surface area contributed by atoms with Gasteiger partial charge in [0.2, 0.25) is 0 Å². The van der Waals surface area contributed by atoms with Crippen molar-refractivity contribution < 1.29 is 0 Å². The molecule has 0 bridgehead atoms. The van der Waals surface area contributed by atoms with Crippen molar-refractivity contribution in [2.45, 2.75) is 13.8 Å². The molecule has 0 atom stereocenters. The van der Waals surface area contributed by atoms with Crippen LogP contribution in [-0.2, 0) is 0 Å². The van der Waals surface area contributed by atoms with E-state index in [0.717, 1.165) is 31.9 Å². The molecule has 2 aromatic rings. The van der Waals surface area contributed by atoms with Gasteiger partial charge >= 0.3 is 0 Å². The molecule has 0 aliphatic carbocycles. The van der Waals surface area contributed by atoms with Gasteiger partial charge in [0, 0.05) is 26.2 Å². The van der Waals surface area contributed by atoms with E-state index in [4.69, 9.17) is 0 Å². The minimum absolute atomic E-state index is 1.05. The maximum atomic E-state index is 4.51. The number of piperazine rings is 1. The standard InChI is InChI=1S/C15H20N4/c1-12-3-4-15(13(2)9-12)19-11-14(10-17-19)18-7-5-16-6-8-18/h3-4,9-11,16H,5-8H2,1-2H3. The van der Waals surface area contributed by atoms with E-state index in [-0.39, 0.29) is 0 Å². The van der Waals surface area contributed by atoms with Gasteiger partial charge in [0.25, 0.3) is 0 Å². The molecular formula is C15H20N4. The first-order chi connectivity index (χ1) is 9.24. The molecule has 0 amide bonds. The van der Waals surface area contributed by atoms with Crippen molar-refractivity contribution in [2.24, 2.45) is 0 Å². The van der Waals surface area contributed by atoms with E-state index in [0.29, 0.717) is 0 Å². The van der Waals surface area contributed by atoms with E-state index >= 15 is 0 Å². The zero-order valence-electron chi connectivity index (χ0n) is 11.6. The summed E-state index contributed by atoms with van der Waals surface area (Å²) in [6.07, 6.45) is 4.09. The Kier molecular flexibility index (Phi) is 3.25. The average Bonchev–Trinajstić information content (AvgIpc) is 2.89. The maximum Gasteiger partial charge on any atom is 0.0758 e. The van der Waals surface area contributed by atoms with Gasteiger partial charge in [-0.2, -0.15) is 5.10 Å². The molecule has 0 unspecified atom stereocenters. The molecule has 1 fully saturated rings. The molecule has 1 N–H and O–H groups in total. The Hall–Kier alpha value is -1.81. The summed E-state index contributed by atoms with van der Waals surface area (Å²) in [7, 11) is 0. The first-order valence-corrected chi connectivity index (χ1v) is 6.82. The van der Waals surface area contributed by atoms with Crippen LogP contribution in [0.1, 0.15) is 11.1 Å². The monoisotopic (exact) mass is 256 g/mol. The van der Waals surface area contributed by atoms with Gasteiger partial charge in [-0.05, 0) is 25.5 Å². The number of aromatic nitrogens is 2. The van der Waals surface area contributed by atoms with Gasteiger partial charge < -0.3 is 10.2 Å². The van der Waals surface area contributed by atoms with E-state index in [1.54, 1.807) is 0 Å². The predicted molar refractivity (Wildman–Crippen MR) is 78.1 cm³/mol. The van der Waals surface area contributed by atoms with Crippen molar-refractivity contribution in [3.63, 3.8) is 0 Å². The van der Waals surface area contributed by atoms with E-state index in [9.17, 15) is 0 Å². The van der Waals surface area contributed by atoms with Crippen molar-refractivity contribution in [1.29, 1.82) is 0 Å². The Balaban J connectivity index is 1.87. The summed E-state index contributed by atoms with van der Waals surface area (Å²) in [6, 6.07) is 6.47. The zero-order chi connectivity index (χ0) is 13.2. The van der Waals surface area contributed by atoms with Crippen LogP contribution in [0.25, 0.3) is 5.69 Å². The number of nitrogens with one attached hydrogen (secondary N) is 1. The first-order valence-electron chi connectivity index (χ1n) is 6.82. The fourth-order valence-corrected chi connectivity index (χ4v) is 2.59. The molecule has 19 heavy (non-hydrogen) atoms. The number of hydrogen-bond acceptors (Lipinski definition) is 3. The molecule has 1 aliphatic heterocycles. The number of benzene rings is 1. The van der Waals surface area contributed by atoms with E-state index in [1.807, 2.05) is 10.9 Å². The lowest BCUT2D eigenvalue weighted by Gasteiger charge is -2.27. The average molecular weight is 256 g/mol. The Morgan fingerprint density at radius 3 is 2.68 bits per heavy atom. The Morgan fingerprint density at radius 1 is 1.16 bits per heavy atom. The lowest BCUT2D eigenvalue weighted by molar-refractivity contribution is 0.589. The lowest BCUT2D eigenvalue weighted by Crippen LogP contribution is -2.43. The van der Waals surface area contributed by atoms with Gasteiger partial charge in [-0.25, -0.2) is 4.68 Å². The number of rotatable bonds is 2. The Labute approximate surface area is 114 Å². The van der Waals surface area contributed by atoms with E-state index in [1.165, 1.54) is 16.8 Å². The van der Waals surface area contributed by atoms with Gasteiger partial charge in [0.1, 0.15) is 0 Å². The fraction of sp³-hybridized carbons (Fsp3) is 0.400. The minimum atomic E-state index is 1.05. The molecule has 0 radical (unpaired) electrons. The third-order valence-electron chi connectivity index (χ3n) is 3.65. The van der Waals surface area contributed by atoms with Crippen molar-refractivity contribution in [3.8, 4) is 5.69 Å². The summed E-state index contributed by atoms with van der Waals surface area (Å²) in [5.41, 5.74) is 4.92. The van der Waals surface area contributed by atoms with Crippen LogP contribution in [0.4, 0.5) is 5.69 Å². The van der Waals surface area contributed by atoms with Crippen LogP contribution in [0.3, 0.4) is 0 Å². The van der Waals surface area contributed by atoms with Crippen LogP contribution >= 0.6 is 0 Å². The highest BCUT2D eigenvalue weighted by Crippen LogP contribution is 2.19. The molecule has 100 valence electrons. The largest absolute Gasteiger partial charge is 0.366 e. The molecule has 0 saturated carbocycles. The van der Waals surface area contributed by atoms with Crippen LogP contribution in [0.2, 0.25) is 0 Å². The smallest absolute Gasteiger partial charge is 0.0758 e. The number of hydrogen-bond donors (Lipinski definition) is 1. The van der Waals surface area contributed by atoms with Gasteiger partial charge in [0.05, 0.1) is 23.8 Å². The van der Waals surface area contributed by atoms with Crippen LogP contribution < -0.4 is 10.2 Å². The topological polar surface area (TPSA) is 33.1 Å². The molecule has 1 aromatic carbocycles. The highest BCUT2D eigenvalue weighted by Gasteiger charge is 2.13. The van der Waals surface area contributed by atoms with Crippen molar-refractivity contribution in [3.05, 3.63) is 41.7 Å². The maximum absolute atomic E-state index is 4.51. The molecule has 0 spiro atoms. The predicted octanol–water partition coefficient (Wildman–Crippen LogP) is 1.90. The van der Waals surface area contributed by atoms with Gasteiger partial charge in [-0.3, -0.25) is 0 Å². The molecular weight excluding hydrogens is 236 g/mol. The van der Waals surface area contributed by atoms with Crippen molar-refractivity contribution in [2.75, 3.05) is 31.1 Å². The highest BCUT2D eigenvalue weighted by atomic mass is 15.3. The van der Waals surface area contributed by atoms with Crippen LogP contribution in [-0.4, -0.2) is 36.0 Å². The molecule has 1 aromatic heterocycles. The van der Waals surface area contributed by atoms with Crippen LogP contribution in [0, 0.1) is 13.8 Å². The van der Waals surface area contributed by atoms with Crippen molar-refractivity contribution >= 4 is 5.69 Å². The second-order valence-electron chi connectivity index (χ2n) is 5.17. The van der Waals surface area contributed by atoms with Gasteiger partial charge in [-0.1, -0.05) is 17.7 Å². The molecule has 3 rings (SSSR count). The summed E-state index contributed by atoms with van der Waals surface area (Å²) in [5.74, 6) is 0. The number of nitrogens with zero attached hydrogens (tertiary/aromatic N) is 3. The summed E-state index contributed by atoms with van der Waals surface area (Å²) in [6.45, 7) is 8.46. The summed E-state index contributed by atoms with van der Waals surface area (Å²) in [5, 5.41) is 7.88. The van der Waals surface area contributed by atoms with Gasteiger partial charge in [0.15, 0.2) is 0 Å². The third kappa shape index (κ3) is 2.49. The molecule has 4 heteroatoms.